The van der Waals surface area contributed by atoms with E-state index in [1.807, 2.05) is 6.92 Å². The molecule has 0 aromatic heterocycles. The van der Waals surface area contributed by atoms with E-state index in [0.29, 0.717) is 0 Å². The van der Waals surface area contributed by atoms with E-state index >= 15 is 0 Å². The second-order valence-electron chi connectivity index (χ2n) is 6.96. The van der Waals surface area contributed by atoms with Crippen molar-refractivity contribution >= 4 is 5.78 Å². The lowest BCUT2D eigenvalue weighted by Gasteiger charge is -2.34. The molecule has 0 aromatic rings. The average molecular weight is 248 g/mol. The molecule has 5 rings (SSSR count). The molecule has 0 unspecified atom stereocenters. The van der Waals surface area contributed by atoms with Gasteiger partial charge in [-0.15, -0.1) is 0 Å². The molecule has 96 valence electrons. The van der Waals surface area contributed by atoms with Gasteiger partial charge in [0.1, 0.15) is 17.8 Å². The van der Waals surface area contributed by atoms with Gasteiger partial charge in [-0.2, -0.15) is 0 Å². The number of aliphatic hydroxyl groups excluding tert-OH is 1. The minimum absolute atomic E-state index is 0.0709. The highest BCUT2D eigenvalue weighted by molar-refractivity contribution is 5.97. The summed E-state index contributed by atoms with van der Waals surface area (Å²) in [6, 6.07) is 0. The SMILES string of the molecule is C=C1[C@@H](O)[C@H]2O[C@]23C[C@H]2[C@H]4O[C@@]4(C)C(=O)[C@H]2[C@]13C. The van der Waals surface area contributed by atoms with Gasteiger partial charge in [-0.05, 0) is 18.9 Å². The zero-order chi connectivity index (χ0) is 12.7. The van der Waals surface area contributed by atoms with Gasteiger partial charge in [0.15, 0.2) is 11.4 Å². The Morgan fingerprint density at radius 3 is 2.78 bits per heavy atom. The predicted octanol–water partition coefficient (Wildman–Crippen LogP) is 0.437. The van der Waals surface area contributed by atoms with Crippen LogP contribution in [0.4, 0.5) is 0 Å². The van der Waals surface area contributed by atoms with Gasteiger partial charge in [0.2, 0.25) is 0 Å². The van der Waals surface area contributed by atoms with Crippen molar-refractivity contribution < 1.29 is 19.4 Å². The number of Topliss-reactive ketones (excluding diaryl/α,β-unsaturated/α-hetero) is 1. The molecule has 1 N–H and O–H groups in total. The zero-order valence-electron chi connectivity index (χ0n) is 10.5. The van der Waals surface area contributed by atoms with Crippen LogP contribution in [0.15, 0.2) is 12.2 Å². The molecule has 4 heteroatoms. The Balaban J connectivity index is 1.70. The van der Waals surface area contributed by atoms with Crippen molar-refractivity contribution in [2.45, 2.75) is 49.8 Å². The van der Waals surface area contributed by atoms with E-state index in [0.717, 1.165) is 12.0 Å². The fourth-order valence-corrected chi connectivity index (χ4v) is 5.40. The molecule has 8 atom stereocenters. The van der Waals surface area contributed by atoms with Crippen LogP contribution in [0.5, 0.6) is 0 Å². The quantitative estimate of drug-likeness (QED) is 0.499. The molecule has 1 spiro atoms. The Morgan fingerprint density at radius 2 is 2.06 bits per heavy atom. The van der Waals surface area contributed by atoms with Crippen LogP contribution in [-0.2, 0) is 14.3 Å². The summed E-state index contributed by atoms with van der Waals surface area (Å²) in [4.78, 5) is 12.6. The van der Waals surface area contributed by atoms with Crippen molar-refractivity contribution in [1.82, 2.24) is 0 Å². The number of aliphatic hydroxyl groups is 1. The molecule has 5 aliphatic rings. The Bertz CT molecular complexity index is 542. The highest BCUT2D eigenvalue weighted by Crippen LogP contribution is 2.78. The molecule has 0 amide bonds. The first-order chi connectivity index (χ1) is 8.38. The minimum Gasteiger partial charge on any atom is -0.386 e. The largest absolute Gasteiger partial charge is 0.386 e. The van der Waals surface area contributed by atoms with Gasteiger partial charge in [-0.3, -0.25) is 4.79 Å². The van der Waals surface area contributed by atoms with Gasteiger partial charge >= 0.3 is 0 Å². The third-order valence-electron chi connectivity index (χ3n) is 6.54. The van der Waals surface area contributed by atoms with Crippen molar-refractivity contribution in [3.05, 3.63) is 12.2 Å². The van der Waals surface area contributed by atoms with Crippen LogP contribution in [0, 0.1) is 17.3 Å². The molecule has 4 nitrogen and oxygen atoms in total. The van der Waals surface area contributed by atoms with Crippen molar-refractivity contribution in [3.8, 4) is 0 Å². The van der Waals surface area contributed by atoms with Crippen LogP contribution in [-0.4, -0.2) is 40.4 Å². The second kappa shape index (κ2) is 2.23. The van der Waals surface area contributed by atoms with E-state index in [4.69, 9.17) is 9.47 Å². The summed E-state index contributed by atoms with van der Waals surface area (Å²) in [6.07, 6.45) is 0.162. The Labute approximate surface area is 105 Å². The molecule has 3 saturated carbocycles. The lowest BCUT2D eigenvalue weighted by Crippen LogP contribution is -2.41. The lowest BCUT2D eigenvalue weighted by atomic mass is 9.69. The molecular formula is C14H16O4. The van der Waals surface area contributed by atoms with Crippen LogP contribution >= 0.6 is 0 Å². The Hall–Kier alpha value is -0.710. The number of hydrogen-bond acceptors (Lipinski definition) is 4. The smallest absolute Gasteiger partial charge is 0.171 e. The summed E-state index contributed by atoms with van der Waals surface area (Å²) < 4.78 is 11.4. The summed E-state index contributed by atoms with van der Waals surface area (Å²) in [5.74, 6) is 0.374. The molecule has 2 heterocycles. The van der Waals surface area contributed by atoms with Gasteiger partial charge in [0.05, 0.1) is 6.10 Å². The molecule has 3 aliphatic carbocycles. The summed E-state index contributed by atoms with van der Waals surface area (Å²) in [6.45, 7) is 8.01. The molecule has 0 bridgehead atoms. The van der Waals surface area contributed by atoms with Crippen LogP contribution in [0.1, 0.15) is 20.3 Å². The minimum atomic E-state index is -0.602. The van der Waals surface area contributed by atoms with Gasteiger partial charge < -0.3 is 14.6 Å². The van der Waals surface area contributed by atoms with E-state index in [1.54, 1.807) is 0 Å². The first kappa shape index (κ1) is 10.1. The Morgan fingerprint density at radius 1 is 1.33 bits per heavy atom. The molecular weight excluding hydrogens is 232 g/mol. The average Bonchev–Trinajstić information content (AvgIpc) is 3.14. The maximum Gasteiger partial charge on any atom is 0.171 e. The molecule has 18 heavy (non-hydrogen) atoms. The van der Waals surface area contributed by atoms with Gasteiger partial charge in [-0.25, -0.2) is 0 Å². The number of hydrogen-bond donors (Lipinski definition) is 1. The number of carbonyl (C=O) groups excluding carboxylic acids is 1. The standard InChI is InChI=1S/C14H16O4/c1-5-8(15)11-14(18-11)4-6-7(12(5,14)2)9(16)13(3)10(6)17-13/h6-8,10-11,15H,1,4H2,2-3H3/t6-,7+,8-,10-,11-,12+,13+,14-/m1/s1. The van der Waals surface area contributed by atoms with E-state index in [-0.39, 0.29) is 35.4 Å². The van der Waals surface area contributed by atoms with E-state index in [2.05, 4.69) is 13.5 Å². The molecule has 2 saturated heterocycles. The Kier molecular flexibility index (Phi) is 1.26. The first-order valence-electron chi connectivity index (χ1n) is 6.65. The number of ether oxygens (including phenoxy) is 2. The molecule has 5 fully saturated rings. The maximum atomic E-state index is 12.6. The number of ketones is 1. The van der Waals surface area contributed by atoms with Gasteiger partial charge in [0, 0.05) is 17.3 Å². The van der Waals surface area contributed by atoms with E-state index < -0.39 is 17.1 Å². The number of carbonyl (C=O) groups is 1. The van der Waals surface area contributed by atoms with Crippen molar-refractivity contribution in [3.63, 3.8) is 0 Å². The normalized spacial score (nSPS) is 70.7. The monoisotopic (exact) mass is 248 g/mol. The van der Waals surface area contributed by atoms with Crippen LogP contribution in [0.3, 0.4) is 0 Å². The lowest BCUT2D eigenvalue weighted by molar-refractivity contribution is -0.131. The summed E-state index contributed by atoms with van der Waals surface area (Å²) in [7, 11) is 0. The third kappa shape index (κ3) is 0.650. The highest BCUT2D eigenvalue weighted by atomic mass is 16.6. The molecule has 0 radical (unpaired) electrons. The number of fused-ring (bicyclic) bond motifs is 4. The fraction of sp³-hybridized carbons (Fsp3) is 0.786. The first-order valence-corrected chi connectivity index (χ1v) is 6.65. The van der Waals surface area contributed by atoms with Gasteiger partial charge in [0.25, 0.3) is 0 Å². The van der Waals surface area contributed by atoms with Crippen LogP contribution < -0.4 is 0 Å². The second-order valence-corrected chi connectivity index (χ2v) is 6.96. The zero-order valence-corrected chi connectivity index (χ0v) is 10.5. The van der Waals surface area contributed by atoms with Crippen molar-refractivity contribution in [1.29, 1.82) is 0 Å². The summed E-state index contributed by atoms with van der Waals surface area (Å²) in [5, 5.41) is 10.2. The van der Waals surface area contributed by atoms with E-state index in [9.17, 15) is 9.90 Å². The maximum absolute atomic E-state index is 12.6. The van der Waals surface area contributed by atoms with Crippen LogP contribution in [0.25, 0.3) is 0 Å². The molecule has 0 aromatic carbocycles. The van der Waals surface area contributed by atoms with Crippen LogP contribution in [0.2, 0.25) is 0 Å². The van der Waals surface area contributed by atoms with Crippen molar-refractivity contribution in [2.24, 2.45) is 17.3 Å². The van der Waals surface area contributed by atoms with Gasteiger partial charge in [-0.1, -0.05) is 13.5 Å². The van der Waals surface area contributed by atoms with Crippen molar-refractivity contribution in [2.75, 3.05) is 0 Å². The highest BCUT2D eigenvalue weighted by Gasteiger charge is 2.89. The number of epoxide rings is 2. The van der Waals surface area contributed by atoms with E-state index in [1.165, 1.54) is 0 Å². The topological polar surface area (TPSA) is 62.4 Å². The third-order valence-corrected chi connectivity index (χ3v) is 6.54. The molecule has 2 aliphatic heterocycles. The fourth-order valence-electron chi connectivity index (χ4n) is 5.40. The predicted molar refractivity (Wildman–Crippen MR) is 60.7 cm³/mol. The number of rotatable bonds is 0. The summed E-state index contributed by atoms with van der Waals surface area (Å²) in [5.41, 5.74) is -0.483. The summed E-state index contributed by atoms with van der Waals surface area (Å²) >= 11 is 0.